The second-order valence-corrected chi connectivity index (χ2v) is 11.2. The second kappa shape index (κ2) is 11.3. The average Bonchev–Trinajstić information content (AvgIpc) is 3.77. The Morgan fingerprint density at radius 3 is 2.46 bits per heavy atom. The molecule has 0 spiro atoms. The van der Waals surface area contributed by atoms with Crippen molar-refractivity contribution in [2.75, 3.05) is 13.7 Å². The zero-order valence-corrected chi connectivity index (χ0v) is 23.2. The van der Waals surface area contributed by atoms with Gasteiger partial charge in [0.25, 0.3) is 5.91 Å². The molecule has 0 radical (unpaired) electrons. The van der Waals surface area contributed by atoms with Crippen molar-refractivity contribution in [3.05, 3.63) is 99.3 Å². The summed E-state index contributed by atoms with van der Waals surface area (Å²) in [5.41, 5.74) is 1.25. The van der Waals surface area contributed by atoms with Crippen molar-refractivity contribution < 1.29 is 24.2 Å². The van der Waals surface area contributed by atoms with Crippen LogP contribution in [0.5, 0.6) is 0 Å². The van der Waals surface area contributed by atoms with Crippen molar-refractivity contribution in [3.63, 3.8) is 0 Å². The maximum atomic E-state index is 14.4. The van der Waals surface area contributed by atoms with E-state index in [1.807, 2.05) is 35.2 Å². The summed E-state index contributed by atoms with van der Waals surface area (Å²) in [4.78, 5) is 32.6. The van der Waals surface area contributed by atoms with Gasteiger partial charge in [-0.15, -0.1) is 0 Å². The number of aromatic nitrogens is 1. The molecule has 9 heteroatoms. The number of hydrogen-bond donors (Lipinski definition) is 1. The van der Waals surface area contributed by atoms with Crippen LogP contribution in [0.25, 0.3) is 0 Å². The van der Waals surface area contributed by atoms with Crippen LogP contribution in [0.15, 0.2) is 66.9 Å². The van der Waals surface area contributed by atoms with E-state index in [2.05, 4.69) is 4.98 Å². The van der Waals surface area contributed by atoms with Gasteiger partial charge in [0.05, 0.1) is 31.4 Å². The van der Waals surface area contributed by atoms with Crippen LogP contribution in [0.2, 0.25) is 10.0 Å². The van der Waals surface area contributed by atoms with Crippen LogP contribution in [0.1, 0.15) is 59.1 Å². The van der Waals surface area contributed by atoms with Crippen molar-refractivity contribution in [2.45, 2.75) is 50.0 Å². The third-order valence-corrected chi connectivity index (χ3v) is 8.01. The van der Waals surface area contributed by atoms with Gasteiger partial charge in [-0.2, -0.15) is 0 Å². The van der Waals surface area contributed by atoms with Crippen LogP contribution in [0, 0.1) is 5.92 Å². The molecule has 0 unspecified atom stereocenters. The zero-order chi connectivity index (χ0) is 27.7. The first kappa shape index (κ1) is 27.6. The number of carbonyl (C=O) groups is 2. The van der Waals surface area contributed by atoms with E-state index in [0.29, 0.717) is 21.3 Å². The van der Waals surface area contributed by atoms with E-state index in [-0.39, 0.29) is 30.9 Å². The molecule has 5 rings (SSSR count). The normalized spacial score (nSPS) is 23.9. The lowest BCUT2D eigenvalue weighted by molar-refractivity contribution is -0.205. The Morgan fingerprint density at radius 2 is 1.87 bits per heavy atom. The van der Waals surface area contributed by atoms with Crippen molar-refractivity contribution in [3.8, 4) is 0 Å². The first-order valence-electron chi connectivity index (χ1n) is 12.9. The molecule has 1 saturated carbocycles. The Kier molecular flexibility index (Phi) is 7.96. The summed E-state index contributed by atoms with van der Waals surface area (Å²) in [5, 5.41) is 11.7. The van der Waals surface area contributed by atoms with Gasteiger partial charge in [-0.05, 0) is 73.2 Å². The lowest BCUT2D eigenvalue weighted by Crippen LogP contribution is -2.62. The molecule has 1 N–H and O–H groups in total. The van der Waals surface area contributed by atoms with Crippen LogP contribution >= 0.6 is 23.2 Å². The van der Waals surface area contributed by atoms with Gasteiger partial charge >= 0.3 is 5.97 Å². The van der Waals surface area contributed by atoms with Crippen LogP contribution in [0.3, 0.4) is 0 Å². The van der Waals surface area contributed by atoms with E-state index in [1.54, 1.807) is 37.3 Å². The van der Waals surface area contributed by atoms with E-state index in [4.69, 9.17) is 32.7 Å². The Morgan fingerprint density at radius 1 is 1.13 bits per heavy atom. The summed E-state index contributed by atoms with van der Waals surface area (Å²) >= 11 is 12.6. The molecular formula is C30H30Cl2N2O5. The van der Waals surface area contributed by atoms with Gasteiger partial charge in [0.1, 0.15) is 6.10 Å². The predicted octanol–water partition coefficient (Wildman–Crippen LogP) is 5.59. The molecule has 1 amide bonds. The number of benzene rings is 2. The number of pyridine rings is 1. The fourth-order valence-corrected chi connectivity index (χ4v) is 5.73. The third-order valence-electron chi connectivity index (χ3n) is 7.52. The fourth-order valence-electron chi connectivity index (χ4n) is 5.40. The first-order chi connectivity index (χ1) is 18.7. The monoisotopic (exact) mass is 568 g/mol. The van der Waals surface area contributed by atoms with Crippen LogP contribution in [-0.2, 0) is 20.7 Å². The molecule has 204 valence electrons. The quantitative estimate of drug-likeness (QED) is 0.356. The van der Waals surface area contributed by atoms with Gasteiger partial charge in [-0.3, -0.25) is 9.78 Å². The maximum Gasteiger partial charge on any atom is 0.339 e. The number of hydrogen-bond acceptors (Lipinski definition) is 6. The molecule has 39 heavy (non-hydrogen) atoms. The minimum Gasteiger partial charge on any atom is -0.465 e. The molecule has 3 aromatic rings. The zero-order valence-electron chi connectivity index (χ0n) is 21.7. The number of morpholine rings is 1. The third kappa shape index (κ3) is 5.68. The van der Waals surface area contributed by atoms with Gasteiger partial charge in [0.2, 0.25) is 0 Å². The molecule has 0 bridgehead atoms. The maximum absolute atomic E-state index is 14.4. The molecular weight excluding hydrogens is 539 g/mol. The van der Waals surface area contributed by atoms with Crippen LogP contribution in [-0.4, -0.2) is 52.2 Å². The largest absolute Gasteiger partial charge is 0.465 e. The standard InChI is InChI=1S/C30H30Cl2N2O5/c1-30(15-24-13-10-21(16-33-24)28(36)38-2)29(37)34(25(17-35)18-6-7-18)26(19-8-11-22(31)12-9-19)27(39-30)20-4-3-5-23(32)14-20/h3-5,8-14,16,18,25-27,35H,6-7,15,17H2,1-2H3/t25-,26-,27-,30+/m1/s1. The van der Waals surface area contributed by atoms with E-state index in [1.165, 1.54) is 13.3 Å². The van der Waals surface area contributed by atoms with E-state index in [0.717, 1.165) is 24.0 Å². The Balaban J connectivity index is 1.60. The number of aliphatic hydroxyl groups is 1. The number of esters is 1. The smallest absolute Gasteiger partial charge is 0.339 e. The van der Waals surface area contributed by atoms with Crippen molar-refractivity contribution in [1.29, 1.82) is 0 Å². The Labute approximate surface area is 237 Å². The molecule has 4 atom stereocenters. The van der Waals surface area contributed by atoms with E-state index in [9.17, 15) is 14.7 Å². The number of amides is 1. The van der Waals surface area contributed by atoms with Crippen LogP contribution in [0.4, 0.5) is 0 Å². The molecule has 1 aliphatic carbocycles. The Hall–Kier alpha value is -2.97. The second-order valence-electron chi connectivity index (χ2n) is 10.3. The van der Waals surface area contributed by atoms with Crippen molar-refractivity contribution >= 4 is 35.1 Å². The van der Waals surface area contributed by atoms with Crippen molar-refractivity contribution in [1.82, 2.24) is 9.88 Å². The number of ether oxygens (including phenoxy) is 2. The molecule has 2 fully saturated rings. The highest BCUT2D eigenvalue weighted by molar-refractivity contribution is 6.30. The van der Waals surface area contributed by atoms with Gasteiger partial charge in [-0.25, -0.2) is 4.79 Å². The minimum atomic E-state index is -1.31. The summed E-state index contributed by atoms with van der Waals surface area (Å²) in [5.74, 6) is -0.516. The lowest BCUT2D eigenvalue weighted by Gasteiger charge is -2.51. The highest BCUT2D eigenvalue weighted by Gasteiger charge is 2.54. The highest BCUT2D eigenvalue weighted by atomic mass is 35.5. The number of nitrogens with zero attached hydrogens (tertiary/aromatic N) is 2. The molecule has 1 saturated heterocycles. The summed E-state index contributed by atoms with van der Waals surface area (Å²) in [6.07, 6.45) is 2.89. The summed E-state index contributed by atoms with van der Waals surface area (Å²) < 4.78 is 11.5. The fraction of sp³-hybridized carbons (Fsp3) is 0.367. The summed E-state index contributed by atoms with van der Waals surface area (Å²) in [6.45, 7) is 1.60. The summed E-state index contributed by atoms with van der Waals surface area (Å²) in [7, 11) is 1.31. The topological polar surface area (TPSA) is 89.0 Å². The van der Waals surface area contributed by atoms with Crippen LogP contribution < -0.4 is 0 Å². The predicted molar refractivity (Wildman–Crippen MR) is 148 cm³/mol. The molecule has 7 nitrogen and oxygen atoms in total. The first-order valence-corrected chi connectivity index (χ1v) is 13.7. The summed E-state index contributed by atoms with van der Waals surface area (Å²) in [6, 6.07) is 17.2. The number of methoxy groups -OCH3 is 1. The highest BCUT2D eigenvalue weighted by Crippen LogP contribution is 2.50. The van der Waals surface area contributed by atoms with Gasteiger partial charge in [0.15, 0.2) is 5.60 Å². The number of rotatable bonds is 8. The number of halogens is 2. The van der Waals surface area contributed by atoms with Gasteiger partial charge < -0.3 is 19.5 Å². The molecule has 2 aliphatic rings. The lowest BCUT2D eigenvalue weighted by atomic mass is 9.85. The van der Waals surface area contributed by atoms with E-state index < -0.39 is 23.7 Å². The molecule has 1 aliphatic heterocycles. The van der Waals surface area contributed by atoms with E-state index >= 15 is 0 Å². The van der Waals surface area contributed by atoms with Crippen molar-refractivity contribution in [2.24, 2.45) is 5.92 Å². The number of aliphatic hydroxyl groups excluding tert-OH is 1. The minimum absolute atomic E-state index is 0.162. The molecule has 2 heterocycles. The number of carbonyl (C=O) groups excluding carboxylic acids is 2. The van der Waals surface area contributed by atoms with Gasteiger partial charge in [0, 0.05) is 28.4 Å². The average molecular weight is 569 g/mol. The Bertz CT molecular complexity index is 1350. The SMILES string of the molecule is COC(=O)c1ccc(C[C@]2(C)O[C@H](c3cccc(Cl)c3)[C@@H](c3ccc(Cl)cc3)N([C@H](CO)C3CC3)C2=O)nc1. The van der Waals surface area contributed by atoms with Gasteiger partial charge in [-0.1, -0.05) is 47.5 Å². The molecule has 1 aromatic heterocycles. The molecule has 2 aromatic carbocycles.